The Bertz CT molecular complexity index is 286. The molecule has 0 bridgehead atoms. The molecule has 0 saturated heterocycles. The van der Waals surface area contributed by atoms with Crippen LogP contribution in [0.5, 0.6) is 0 Å². The van der Waals surface area contributed by atoms with Gasteiger partial charge in [0.1, 0.15) is 0 Å². The summed E-state index contributed by atoms with van der Waals surface area (Å²) in [4.78, 5) is 1.41. The first kappa shape index (κ1) is 9.22. The number of aryl methyl sites for hydroxylation is 1. The van der Waals surface area contributed by atoms with E-state index in [1.54, 1.807) is 0 Å². The van der Waals surface area contributed by atoms with Gasteiger partial charge in [-0.3, -0.25) is 0 Å². The first-order chi connectivity index (χ1) is 6.18. The summed E-state index contributed by atoms with van der Waals surface area (Å²) in [7, 11) is 0. The lowest BCUT2D eigenvalue weighted by Crippen LogP contribution is -2.47. The van der Waals surface area contributed by atoms with E-state index in [1.165, 1.54) is 29.7 Å². The van der Waals surface area contributed by atoms with E-state index in [4.69, 9.17) is 0 Å². The summed E-state index contributed by atoms with van der Waals surface area (Å²) < 4.78 is 0. The van der Waals surface area contributed by atoms with E-state index in [1.807, 2.05) is 11.3 Å². The van der Waals surface area contributed by atoms with Gasteiger partial charge in [-0.15, -0.1) is 11.3 Å². The largest absolute Gasteiger partial charge is 0.307 e. The van der Waals surface area contributed by atoms with Crippen molar-refractivity contribution in [1.29, 1.82) is 0 Å². The highest BCUT2D eigenvalue weighted by molar-refractivity contribution is 7.10. The quantitative estimate of drug-likeness (QED) is 0.781. The van der Waals surface area contributed by atoms with Crippen molar-refractivity contribution in [3.05, 3.63) is 21.9 Å². The van der Waals surface area contributed by atoms with Crippen LogP contribution in [-0.4, -0.2) is 5.54 Å². The van der Waals surface area contributed by atoms with Gasteiger partial charge in [-0.05, 0) is 50.1 Å². The predicted octanol–water partition coefficient (Wildman–Crippen LogP) is 3.09. The van der Waals surface area contributed by atoms with Gasteiger partial charge >= 0.3 is 0 Å². The molecule has 0 aromatic carbocycles. The summed E-state index contributed by atoms with van der Waals surface area (Å²) in [6, 6.07) is 2.28. The van der Waals surface area contributed by atoms with Crippen LogP contribution in [0, 0.1) is 6.92 Å². The molecular formula is C11H17NS. The van der Waals surface area contributed by atoms with Crippen LogP contribution in [-0.2, 0) is 6.54 Å². The lowest BCUT2D eigenvalue weighted by atomic mass is 9.78. The number of rotatable bonds is 3. The van der Waals surface area contributed by atoms with Gasteiger partial charge in [0.05, 0.1) is 0 Å². The molecule has 1 heterocycles. The van der Waals surface area contributed by atoms with Gasteiger partial charge < -0.3 is 5.32 Å². The Kier molecular flexibility index (Phi) is 2.43. The van der Waals surface area contributed by atoms with Crippen molar-refractivity contribution < 1.29 is 0 Å². The van der Waals surface area contributed by atoms with Crippen molar-refractivity contribution in [3.63, 3.8) is 0 Å². The van der Waals surface area contributed by atoms with Crippen molar-refractivity contribution in [1.82, 2.24) is 5.32 Å². The van der Waals surface area contributed by atoms with Crippen LogP contribution >= 0.6 is 11.3 Å². The Hall–Kier alpha value is -0.340. The number of thiophene rings is 1. The Labute approximate surface area is 84.2 Å². The smallest absolute Gasteiger partial charge is 0.0218 e. The molecule has 2 rings (SSSR count). The van der Waals surface area contributed by atoms with Crippen LogP contribution in [0.3, 0.4) is 0 Å². The number of hydrogen-bond acceptors (Lipinski definition) is 2. The molecule has 0 amide bonds. The summed E-state index contributed by atoms with van der Waals surface area (Å²) in [6.45, 7) is 5.54. The Morgan fingerprint density at radius 2 is 2.31 bits per heavy atom. The van der Waals surface area contributed by atoms with Crippen LogP contribution in [0.1, 0.15) is 36.6 Å². The minimum absolute atomic E-state index is 0.440. The maximum atomic E-state index is 3.63. The van der Waals surface area contributed by atoms with E-state index in [0.717, 1.165) is 6.54 Å². The zero-order valence-corrected chi connectivity index (χ0v) is 9.21. The normalized spacial score (nSPS) is 19.8. The Morgan fingerprint density at radius 1 is 1.54 bits per heavy atom. The average Bonchev–Trinajstić information content (AvgIpc) is 2.44. The van der Waals surface area contributed by atoms with Crippen LogP contribution in [0.4, 0.5) is 0 Å². The molecule has 1 aromatic rings. The Balaban J connectivity index is 1.85. The predicted molar refractivity (Wildman–Crippen MR) is 58.2 cm³/mol. The molecule has 1 fully saturated rings. The van der Waals surface area contributed by atoms with Crippen LogP contribution < -0.4 is 5.32 Å². The minimum Gasteiger partial charge on any atom is -0.307 e. The third kappa shape index (κ3) is 2.12. The van der Waals surface area contributed by atoms with Gasteiger partial charge in [-0.2, -0.15) is 0 Å². The van der Waals surface area contributed by atoms with Gasteiger partial charge in [-0.1, -0.05) is 0 Å². The topological polar surface area (TPSA) is 12.0 Å². The van der Waals surface area contributed by atoms with Gasteiger partial charge in [0.15, 0.2) is 0 Å². The van der Waals surface area contributed by atoms with Crippen LogP contribution in [0.2, 0.25) is 0 Å². The highest BCUT2D eigenvalue weighted by Gasteiger charge is 2.30. The van der Waals surface area contributed by atoms with E-state index in [9.17, 15) is 0 Å². The van der Waals surface area contributed by atoms with E-state index < -0.39 is 0 Å². The summed E-state index contributed by atoms with van der Waals surface area (Å²) in [5, 5.41) is 5.89. The second-order valence-corrected chi connectivity index (χ2v) is 5.45. The van der Waals surface area contributed by atoms with Crippen molar-refractivity contribution in [2.24, 2.45) is 0 Å². The second kappa shape index (κ2) is 3.43. The van der Waals surface area contributed by atoms with E-state index >= 15 is 0 Å². The molecule has 0 unspecified atom stereocenters. The van der Waals surface area contributed by atoms with Crippen LogP contribution in [0.15, 0.2) is 11.4 Å². The molecule has 1 nitrogen and oxygen atoms in total. The SMILES string of the molecule is Cc1cc(CNC2(C)CCC2)cs1. The lowest BCUT2D eigenvalue weighted by molar-refractivity contribution is 0.207. The highest BCUT2D eigenvalue weighted by atomic mass is 32.1. The van der Waals surface area contributed by atoms with Gasteiger partial charge in [0.25, 0.3) is 0 Å². The van der Waals surface area contributed by atoms with Crippen molar-refractivity contribution in [3.8, 4) is 0 Å². The molecule has 1 aliphatic rings. The molecular weight excluding hydrogens is 178 g/mol. The molecule has 1 saturated carbocycles. The molecule has 2 heteroatoms. The van der Waals surface area contributed by atoms with Crippen molar-refractivity contribution >= 4 is 11.3 Å². The van der Waals surface area contributed by atoms with Crippen LogP contribution in [0.25, 0.3) is 0 Å². The van der Waals surface area contributed by atoms with E-state index in [0.29, 0.717) is 5.54 Å². The minimum atomic E-state index is 0.440. The first-order valence-electron chi connectivity index (χ1n) is 4.97. The molecule has 1 aromatic heterocycles. The van der Waals surface area contributed by atoms with Gasteiger partial charge in [0.2, 0.25) is 0 Å². The monoisotopic (exact) mass is 195 g/mol. The summed E-state index contributed by atoms with van der Waals surface area (Å²) >= 11 is 1.84. The highest BCUT2D eigenvalue weighted by Crippen LogP contribution is 2.31. The fourth-order valence-electron chi connectivity index (χ4n) is 1.79. The molecule has 0 spiro atoms. The summed E-state index contributed by atoms with van der Waals surface area (Å²) in [5.74, 6) is 0. The molecule has 1 N–H and O–H groups in total. The van der Waals surface area contributed by atoms with Gasteiger partial charge in [0, 0.05) is 17.0 Å². The molecule has 72 valence electrons. The first-order valence-corrected chi connectivity index (χ1v) is 5.85. The number of nitrogens with one attached hydrogen (secondary N) is 1. The molecule has 0 radical (unpaired) electrons. The number of hydrogen-bond donors (Lipinski definition) is 1. The van der Waals surface area contributed by atoms with E-state index in [2.05, 4.69) is 30.6 Å². The fraction of sp³-hybridized carbons (Fsp3) is 0.636. The zero-order valence-electron chi connectivity index (χ0n) is 8.39. The lowest BCUT2D eigenvalue weighted by Gasteiger charge is -2.39. The standard InChI is InChI=1S/C11H17NS/c1-9-6-10(8-13-9)7-12-11(2)4-3-5-11/h6,8,12H,3-5,7H2,1-2H3. The Morgan fingerprint density at radius 3 is 2.77 bits per heavy atom. The second-order valence-electron chi connectivity index (χ2n) is 4.33. The summed E-state index contributed by atoms with van der Waals surface area (Å²) in [5.41, 5.74) is 1.88. The molecule has 0 aliphatic heterocycles. The maximum absolute atomic E-state index is 3.63. The molecule has 13 heavy (non-hydrogen) atoms. The third-order valence-corrected chi connectivity index (χ3v) is 3.87. The fourth-order valence-corrected chi connectivity index (χ4v) is 2.50. The maximum Gasteiger partial charge on any atom is 0.0218 e. The van der Waals surface area contributed by atoms with Gasteiger partial charge in [-0.25, -0.2) is 0 Å². The average molecular weight is 195 g/mol. The van der Waals surface area contributed by atoms with E-state index in [-0.39, 0.29) is 0 Å². The zero-order chi connectivity index (χ0) is 9.31. The van der Waals surface area contributed by atoms with Crippen molar-refractivity contribution in [2.75, 3.05) is 0 Å². The third-order valence-electron chi connectivity index (χ3n) is 2.96. The molecule has 0 atom stereocenters. The molecule has 1 aliphatic carbocycles. The van der Waals surface area contributed by atoms with Crippen molar-refractivity contribution in [2.45, 2.75) is 45.2 Å². The summed E-state index contributed by atoms with van der Waals surface area (Å²) in [6.07, 6.45) is 4.08.